The van der Waals surface area contributed by atoms with Gasteiger partial charge in [0.05, 0.1) is 17.4 Å². The molecule has 2 aromatic rings. The van der Waals surface area contributed by atoms with Crippen molar-refractivity contribution in [2.24, 2.45) is 5.92 Å². The van der Waals surface area contributed by atoms with Crippen LogP contribution in [0.15, 0.2) is 42.6 Å². The highest BCUT2D eigenvalue weighted by Crippen LogP contribution is 2.30. The van der Waals surface area contributed by atoms with Crippen LogP contribution in [0.3, 0.4) is 0 Å². The summed E-state index contributed by atoms with van der Waals surface area (Å²) in [5.41, 5.74) is 1.60. The number of hydrogen-bond acceptors (Lipinski definition) is 5. The van der Waals surface area contributed by atoms with E-state index in [1.807, 2.05) is 74.9 Å². The van der Waals surface area contributed by atoms with Crippen LogP contribution < -0.4 is 10.6 Å². The van der Waals surface area contributed by atoms with Crippen molar-refractivity contribution >= 4 is 25.8 Å². The summed E-state index contributed by atoms with van der Waals surface area (Å²) in [5.74, 6) is 0.655. The fraction of sp³-hybridized carbons (Fsp3) is 0.536. The van der Waals surface area contributed by atoms with Gasteiger partial charge in [-0.05, 0) is 45.2 Å². The normalized spacial score (nSPS) is 19.5. The molecule has 1 aliphatic rings. The Kier molecular flexibility index (Phi) is 9.36. The van der Waals surface area contributed by atoms with Gasteiger partial charge >= 0.3 is 6.09 Å². The van der Waals surface area contributed by atoms with Gasteiger partial charge < -0.3 is 24.7 Å². The van der Waals surface area contributed by atoms with E-state index in [4.69, 9.17) is 14.5 Å². The van der Waals surface area contributed by atoms with Crippen LogP contribution in [0.4, 0.5) is 10.5 Å². The number of anilines is 1. The van der Waals surface area contributed by atoms with Gasteiger partial charge in [-0.3, -0.25) is 4.79 Å². The van der Waals surface area contributed by atoms with Crippen molar-refractivity contribution in [3.05, 3.63) is 48.4 Å². The van der Waals surface area contributed by atoms with Gasteiger partial charge in [0.25, 0.3) is 0 Å². The summed E-state index contributed by atoms with van der Waals surface area (Å²) in [6, 6.07) is 8.25. The third kappa shape index (κ3) is 9.16. The SMILES string of the molecule is C[C@@H]1/C=C/CC(NC(=O)OC(C)(C)C)c2nc(cn2COCC[Si](C)(C)C)-c2ccccc2NC(=O)C1. The highest BCUT2D eigenvalue weighted by Gasteiger charge is 2.25. The van der Waals surface area contributed by atoms with Gasteiger partial charge in [0, 0.05) is 32.9 Å². The summed E-state index contributed by atoms with van der Waals surface area (Å²) in [4.78, 5) is 30.5. The molecule has 1 aromatic heterocycles. The first-order chi connectivity index (χ1) is 17.3. The monoisotopic (exact) mass is 526 g/mol. The zero-order valence-corrected chi connectivity index (χ0v) is 24.3. The second kappa shape index (κ2) is 12.1. The lowest BCUT2D eigenvalue weighted by Gasteiger charge is -2.23. The number of aromatic nitrogens is 2. The number of imidazole rings is 1. The Morgan fingerprint density at radius 3 is 2.68 bits per heavy atom. The van der Waals surface area contributed by atoms with Gasteiger partial charge in [-0.25, -0.2) is 9.78 Å². The van der Waals surface area contributed by atoms with Crippen molar-refractivity contribution in [1.29, 1.82) is 0 Å². The van der Waals surface area contributed by atoms with E-state index in [0.717, 1.165) is 11.6 Å². The average molecular weight is 527 g/mol. The number of allylic oxidation sites excluding steroid dienone is 1. The number of ether oxygens (including phenoxy) is 2. The van der Waals surface area contributed by atoms with Crippen LogP contribution in [0.25, 0.3) is 11.3 Å². The Morgan fingerprint density at radius 1 is 1.24 bits per heavy atom. The van der Waals surface area contributed by atoms with Crippen molar-refractivity contribution in [1.82, 2.24) is 14.9 Å². The van der Waals surface area contributed by atoms with Crippen molar-refractivity contribution in [2.45, 2.75) is 84.6 Å². The second-order valence-electron chi connectivity index (χ2n) is 11.9. The molecule has 2 N–H and O–H groups in total. The first-order valence-electron chi connectivity index (χ1n) is 13.0. The van der Waals surface area contributed by atoms with Crippen molar-refractivity contribution in [3.8, 4) is 11.3 Å². The lowest BCUT2D eigenvalue weighted by Crippen LogP contribution is -2.36. The summed E-state index contributed by atoms with van der Waals surface area (Å²) in [7, 11) is -1.24. The maximum absolute atomic E-state index is 12.8. The van der Waals surface area contributed by atoms with E-state index in [-0.39, 0.29) is 11.8 Å². The van der Waals surface area contributed by atoms with Crippen molar-refractivity contribution < 1.29 is 19.1 Å². The molecule has 1 aliphatic heterocycles. The summed E-state index contributed by atoms with van der Waals surface area (Å²) in [6.07, 6.45) is 6.28. The molecule has 2 bridgehead atoms. The Balaban J connectivity index is 2.02. The number of carbonyl (C=O) groups excluding carboxylic acids is 2. The predicted molar refractivity (Wildman–Crippen MR) is 150 cm³/mol. The average Bonchev–Trinajstić information content (AvgIpc) is 3.18. The fourth-order valence-electron chi connectivity index (χ4n) is 3.99. The van der Waals surface area contributed by atoms with Crippen molar-refractivity contribution in [2.75, 3.05) is 11.9 Å². The molecule has 0 spiro atoms. The molecule has 1 aromatic carbocycles. The molecular weight excluding hydrogens is 484 g/mol. The maximum atomic E-state index is 12.8. The number of hydrogen-bond donors (Lipinski definition) is 2. The minimum Gasteiger partial charge on any atom is -0.444 e. The molecular formula is C28H42N4O4Si. The number of para-hydroxylation sites is 1. The third-order valence-corrected chi connectivity index (χ3v) is 7.56. The number of alkyl carbamates (subject to hydrolysis) is 1. The van der Waals surface area contributed by atoms with Crippen LogP contribution in [0.1, 0.15) is 52.4 Å². The van der Waals surface area contributed by atoms with Crippen LogP contribution >= 0.6 is 0 Å². The highest BCUT2D eigenvalue weighted by atomic mass is 28.3. The lowest BCUT2D eigenvalue weighted by molar-refractivity contribution is -0.116. The lowest BCUT2D eigenvalue weighted by atomic mass is 10.0. The Labute approximate surface area is 221 Å². The fourth-order valence-corrected chi connectivity index (χ4v) is 4.74. The van der Waals surface area contributed by atoms with Crippen LogP contribution in [-0.2, 0) is 21.0 Å². The van der Waals surface area contributed by atoms with Gasteiger partial charge in [0.1, 0.15) is 18.2 Å². The summed E-state index contributed by atoms with van der Waals surface area (Å²) >= 11 is 0. The number of nitrogens with zero attached hydrogens (tertiary/aromatic N) is 2. The number of rotatable bonds is 6. The zero-order chi connectivity index (χ0) is 27.2. The molecule has 0 fully saturated rings. The topological polar surface area (TPSA) is 94.5 Å². The molecule has 1 unspecified atom stereocenters. The van der Waals surface area contributed by atoms with Crippen molar-refractivity contribution in [3.63, 3.8) is 0 Å². The molecule has 3 rings (SSSR count). The van der Waals surface area contributed by atoms with E-state index in [2.05, 4.69) is 30.3 Å². The summed E-state index contributed by atoms with van der Waals surface area (Å²) < 4.78 is 13.6. The van der Waals surface area contributed by atoms with Gasteiger partial charge in [-0.2, -0.15) is 0 Å². The van der Waals surface area contributed by atoms with E-state index in [1.54, 1.807) is 0 Å². The predicted octanol–water partition coefficient (Wildman–Crippen LogP) is 6.35. The number of amides is 2. The summed E-state index contributed by atoms with van der Waals surface area (Å²) in [5, 5.41) is 6.06. The van der Waals surface area contributed by atoms with Gasteiger partial charge in [0.15, 0.2) is 0 Å². The maximum Gasteiger partial charge on any atom is 0.408 e. The van der Waals surface area contributed by atoms with E-state index >= 15 is 0 Å². The molecule has 9 heteroatoms. The first kappa shape index (κ1) is 28.7. The third-order valence-electron chi connectivity index (χ3n) is 5.86. The molecule has 0 radical (unpaired) electrons. The number of benzene rings is 1. The minimum absolute atomic E-state index is 0.0365. The van der Waals surface area contributed by atoms with E-state index in [0.29, 0.717) is 43.4 Å². The zero-order valence-electron chi connectivity index (χ0n) is 23.3. The van der Waals surface area contributed by atoms with Crippen LogP contribution in [0, 0.1) is 5.92 Å². The molecule has 2 amide bonds. The minimum atomic E-state index is -1.24. The molecule has 8 nitrogen and oxygen atoms in total. The van der Waals surface area contributed by atoms with Crippen LogP contribution in [0.2, 0.25) is 25.7 Å². The van der Waals surface area contributed by atoms with Crippen LogP contribution in [-0.4, -0.2) is 41.8 Å². The number of nitrogens with one attached hydrogen (secondary N) is 2. The largest absolute Gasteiger partial charge is 0.444 e. The van der Waals surface area contributed by atoms with E-state index in [9.17, 15) is 9.59 Å². The number of fused-ring (bicyclic) bond motifs is 4. The Hall–Kier alpha value is -2.91. The van der Waals surface area contributed by atoms with E-state index in [1.165, 1.54) is 0 Å². The van der Waals surface area contributed by atoms with E-state index < -0.39 is 25.8 Å². The van der Waals surface area contributed by atoms with Crippen LogP contribution in [0.5, 0.6) is 0 Å². The quantitative estimate of drug-likeness (QED) is 0.260. The summed E-state index contributed by atoms with van der Waals surface area (Å²) in [6.45, 7) is 15.5. The van der Waals surface area contributed by atoms with Gasteiger partial charge in [-0.1, -0.05) is 56.9 Å². The molecule has 2 heterocycles. The first-order valence-corrected chi connectivity index (χ1v) is 16.7. The van der Waals surface area contributed by atoms with Gasteiger partial charge in [-0.15, -0.1) is 0 Å². The smallest absolute Gasteiger partial charge is 0.408 e. The second-order valence-corrected chi connectivity index (χ2v) is 17.6. The molecule has 0 saturated carbocycles. The Morgan fingerprint density at radius 2 is 1.97 bits per heavy atom. The molecule has 0 saturated heterocycles. The molecule has 37 heavy (non-hydrogen) atoms. The molecule has 2 atom stereocenters. The Bertz CT molecular complexity index is 1110. The molecule has 0 aliphatic carbocycles. The highest BCUT2D eigenvalue weighted by molar-refractivity contribution is 6.76. The standard InChI is InChI=1S/C28H42N4O4Si/c1-20-11-10-14-23(31-27(34)36-28(2,3)4)26-30-24(18-32(26)19-35-15-16-37(5,6)7)21-12-8-9-13-22(21)29-25(33)17-20/h8-13,18,20,23H,14-17,19H2,1-7H3,(H,29,33)(H,31,34)/b11-10+/t20-,23?/m1/s1. The molecule has 202 valence electrons. The number of carbonyl (C=O) groups is 2. The van der Waals surface area contributed by atoms with Gasteiger partial charge in [0.2, 0.25) is 5.91 Å².